The van der Waals surface area contributed by atoms with Crippen LogP contribution in [0.5, 0.6) is 0 Å². The van der Waals surface area contributed by atoms with E-state index in [9.17, 15) is 4.79 Å². The Labute approximate surface area is 90.1 Å². The molecular formula is C12H18O3. The first kappa shape index (κ1) is 9.64. The Bertz CT molecular complexity index is 314. The predicted octanol–water partition coefficient (Wildman–Crippen LogP) is 1.90. The van der Waals surface area contributed by atoms with Crippen LogP contribution in [0.4, 0.5) is 0 Å². The van der Waals surface area contributed by atoms with Gasteiger partial charge >= 0.3 is 5.97 Å². The summed E-state index contributed by atoms with van der Waals surface area (Å²) in [7, 11) is 1.46. The van der Waals surface area contributed by atoms with Crippen molar-refractivity contribution in [1.29, 1.82) is 0 Å². The number of epoxide rings is 1. The molecule has 0 radical (unpaired) electrons. The van der Waals surface area contributed by atoms with Crippen molar-refractivity contribution in [3.63, 3.8) is 0 Å². The zero-order valence-corrected chi connectivity index (χ0v) is 9.41. The van der Waals surface area contributed by atoms with Crippen molar-refractivity contribution < 1.29 is 14.3 Å². The van der Waals surface area contributed by atoms with Gasteiger partial charge in [0.2, 0.25) is 0 Å². The summed E-state index contributed by atoms with van der Waals surface area (Å²) in [5.41, 5.74) is -0.709. The van der Waals surface area contributed by atoms with E-state index in [0.717, 1.165) is 18.8 Å². The average Bonchev–Trinajstić information content (AvgIpc) is 2.62. The van der Waals surface area contributed by atoms with Crippen LogP contribution in [0.15, 0.2) is 0 Å². The van der Waals surface area contributed by atoms with E-state index in [0.29, 0.717) is 5.92 Å². The molecule has 4 atom stereocenters. The van der Waals surface area contributed by atoms with E-state index in [1.54, 1.807) is 0 Å². The molecule has 1 saturated heterocycles. The minimum absolute atomic E-state index is 0.127. The van der Waals surface area contributed by atoms with Crippen LogP contribution in [-0.4, -0.2) is 24.3 Å². The van der Waals surface area contributed by atoms with E-state index in [-0.39, 0.29) is 11.6 Å². The molecule has 3 heteroatoms. The molecule has 0 aromatic heterocycles. The molecule has 2 bridgehead atoms. The third kappa shape index (κ3) is 0.930. The summed E-state index contributed by atoms with van der Waals surface area (Å²) in [5.74, 6) is 1.26. The molecule has 3 aliphatic rings. The molecule has 1 aliphatic heterocycles. The molecule has 1 heterocycles. The number of ether oxygens (including phenoxy) is 2. The van der Waals surface area contributed by atoms with Crippen molar-refractivity contribution in [3.05, 3.63) is 0 Å². The largest absolute Gasteiger partial charge is 0.467 e. The molecule has 0 amide bonds. The number of fused-ring (bicyclic) bond motifs is 3. The van der Waals surface area contributed by atoms with Crippen LogP contribution in [0.3, 0.4) is 0 Å². The quantitative estimate of drug-likeness (QED) is 0.516. The molecular weight excluding hydrogens is 192 g/mol. The van der Waals surface area contributed by atoms with Gasteiger partial charge in [0.25, 0.3) is 0 Å². The third-order valence-electron chi connectivity index (χ3n) is 4.80. The molecule has 0 N–H and O–H groups in total. The van der Waals surface area contributed by atoms with Gasteiger partial charge < -0.3 is 9.47 Å². The molecule has 2 saturated carbocycles. The number of carbonyl (C=O) groups excluding carboxylic acids is 1. The molecule has 3 nitrogen and oxygen atoms in total. The minimum Gasteiger partial charge on any atom is -0.467 e. The molecule has 4 unspecified atom stereocenters. The first-order valence-electron chi connectivity index (χ1n) is 5.97. The van der Waals surface area contributed by atoms with Crippen molar-refractivity contribution in [2.24, 2.45) is 11.8 Å². The van der Waals surface area contributed by atoms with Crippen LogP contribution in [0.25, 0.3) is 0 Å². The Morgan fingerprint density at radius 3 is 2.80 bits per heavy atom. The molecule has 0 aromatic carbocycles. The van der Waals surface area contributed by atoms with Gasteiger partial charge in [-0.2, -0.15) is 0 Å². The second kappa shape index (κ2) is 2.76. The van der Waals surface area contributed by atoms with Gasteiger partial charge in [0.05, 0.1) is 7.11 Å². The van der Waals surface area contributed by atoms with E-state index < -0.39 is 5.60 Å². The third-order valence-corrected chi connectivity index (χ3v) is 4.80. The van der Waals surface area contributed by atoms with Crippen LogP contribution in [0.2, 0.25) is 0 Å². The summed E-state index contributed by atoms with van der Waals surface area (Å²) in [6.45, 7) is 2.03. The molecule has 1 spiro atoms. The minimum atomic E-state index is -0.582. The highest BCUT2D eigenvalue weighted by Gasteiger charge is 2.80. The molecule has 3 rings (SSSR count). The lowest BCUT2D eigenvalue weighted by Crippen LogP contribution is -2.38. The topological polar surface area (TPSA) is 38.8 Å². The van der Waals surface area contributed by atoms with Crippen LogP contribution in [0.1, 0.15) is 39.0 Å². The first-order chi connectivity index (χ1) is 7.18. The predicted molar refractivity (Wildman–Crippen MR) is 54.3 cm³/mol. The zero-order valence-electron chi connectivity index (χ0n) is 9.41. The van der Waals surface area contributed by atoms with E-state index in [1.807, 2.05) is 6.92 Å². The summed E-state index contributed by atoms with van der Waals surface area (Å²) < 4.78 is 10.8. The van der Waals surface area contributed by atoms with Gasteiger partial charge in [0.1, 0.15) is 5.60 Å². The van der Waals surface area contributed by atoms with Gasteiger partial charge in [-0.3, -0.25) is 0 Å². The normalized spacial score (nSPS) is 51.1. The first-order valence-corrected chi connectivity index (χ1v) is 5.97. The van der Waals surface area contributed by atoms with E-state index in [4.69, 9.17) is 9.47 Å². The van der Waals surface area contributed by atoms with Gasteiger partial charge in [0, 0.05) is 0 Å². The highest BCUT2D eigenvalue weighted by atomic mass is 16.7. The SMILES string of the molecule is CCC1(C(=O)OC)OC12CC1CCC2C1. The fourth-order valence-electron chi connectivity index (χ4n) is 4.08. The Kier molecular flexibility index (Phi) is 1.77. The van der Waals surface area contributed by atoms with Gasteiger partial charge in [0.15, 0.2) is 5.60 Å². The van der Waals surface area contributed by atoms with E-state index >= 15 is 0 Å². The van der Waals surface area contributed by atoms with E-state index in [1.165, 1.54) is 26.4 Å². The smallest absolute Gasteiger partial charge is 0.341 e. The average molecular weight is 210 g/mol. The molecule has 84 valence electrons. The summed E-state index contributed by atoms with van der Waals surface area (Å²) in [6, 6.07) is 0. The summed E-state index contributed by atoms with van der Waals surface area (Å²) in [6.07, 6.45) is 5.67. The summed E-state index contributed by atoms with van der Waals surface area (Å²) >= 11 is 0. The lowest BCUT2D eigenvalue weighted by atomic mass is 9.78. The lowest BCUT2D eigenvalue weighted by molar-refractivity contribution is -0.147. The number of hydrogen-bond donors (Lipinski definition) is 0. The van der Waals surface area contributed by atoms with Gasteiger partial charge in [-0.15, -0.1) is 0 Å². The molecule has 0 aromatic rings. The van der Waals surface area contributed by atoms with Gasteiger partial charge in [-0.1, -0.05) is 6.92 Å². The van der Waals surface area contributed by atoms with Crippen molar-refractivity contribution >= 4 is 5.97 Å². The highest BCUT2D eigenvalue weighted by molar-refractivity contribution is 5.85. The highest BCUT2D eigenvalue weighted by Crippen LogP contribution is 2.68. The number of methoxy groups -OCH3 is 1. The maximum Gasteiger partial charge on any atom is 0.341 e. The number of carbonyl (C=O) groups is 1. The fraction of sp³-hybridized carbons (Fsp3) is 0.917. The monoisotopic (exact) mass is 210 g/mol. The van der Waals surface area contributed by atoms with Crippen LogP contribution < -0.4 is 0 Å². The summed E-state index contributed by atoms with van der Waals surface area (Å²) in [4.78, 5) is 11.8. The van der Waals surface area contributed by atoms with Crippen molar-refractivity contribution in [2.45, 2.75) is 50.2 Å². The zero-order chi connectivity index (χ0) is 10.7. The van der Waals surface area contributed by atoms with Crippen LogP contribution >= 0.6 is 0 Å². The Morgan fingerprint density at radius 2 is 2.33 bits per heavy atom. The summed E-state index contributed by atoms with van der Waals surface area (Å²) in [5, 5.41) is 0. The van der Waals surface area contributed by atoms with Crippen molar-refractivity contribution in [3.8, 4) is 0 Å². The lowest BCUT2D eigenvalue weighted by Gasteiger charge is -2.21. The Balaban J connectivity index is 1.89. The van der Waals surface area contributed by atoms with Crippen LogP contribution in [-0.2, 0) is 14.3 Å². The van der Waals surface area contributed by atoms with Gasteiger partial charge in [-0.25, -0.2) is 4.79 Å². The number of rotatable bonds is 2. The maximum atomic E-state index is 11.8. The molecule has 15 heavy (non-hydrogen) atoms. The second-order valence-electron chi connectivity index (χ2n) is 5.24. The van der Waals surface area contributed by atoms with Crippen molar-refractivity contribution in [2.75, 3.05) is 7.11 Å². The molecule has 3 fully saturated rings. The van der Waals surface area contributed by atoms with Crippen LogP contribution in [0, 0.1) is 11.8 Å². The fourth-order valence-corrected chi connectivity index (χ4v) is 4.08. The maximum absolute atomic E-state index is 11.8. The Morgan fingerprint density at radius 1 is 1.53 bits per heavy atom. The van der Waals surface area contributed by atoms with Gasteiger partial charge in [-0.05, 0) is 43.9 Å². The second-order valence-corrected chi connectivity index (χ2v) is 5.24. The number of hydrogen-bond acceptors (Lipinski definition) is 3. The standard InChI is InChI=1S/C12H18O3/c1-3-11(10(13)14-2)12(15-11)7-8-4-5-9(12)6-8/h8-9H,3-7H2,1-2H3. The number of esters is 1. The van der Waals surface area contributed by atoms with E-state index in [2.05, 4.69) is 0 Å². The Hall–Kier alpha value is -0.570. The van der Waals surface area contributed by atoms with Crippen molar-refractivity contribution in [1.82, 2.24) is 0 Å². The molecule has 2 aliphatic carbocycles.